The van der Waals surface area contributed by atoms with Crippen molar-refractivity contribution in [2.75, 3.05) is 11.4 Å². The summed E-state index contributed by atoms with van der Waals surface area (Å²) >= 11 is 0. The van der Waals surface area contributed by atoms with Crippen molar-refractivity contribution in [3.8, 4) is 0 Å². The number of rotatable bonds is 3. The van der Waals surface area contributed by atoms with Crippen molar-refractivity contribution >= 4 is 11.5 Å². The first kappa shape index (κ1) is 11.6. The predicted octanol–water partition coefficient (Wildman–Crippen LogP) is 2.05. The second-order valence-electron chi connectivity index (χ2n) is 4.49. The first-order valence-electron chi connectivity index (χ1n) is 6.12. The maximum absolute atomic E-state index is 11.1. The molecule has 1 saturated heterocycles. The first-order valence-corrected chi connectivity index (χ1v) is 6.12. The molecule has 3 rings (SSSR count). The van der Waals surface area contributed by atoms with Gasteiger partial charge in [0.15, 0.2) is 0 Å². The van der Waals surface area contributed by atoms with Gasteiger partial charge in [0.05, 0.1) is 17.2 Å². The Labute approximate surface area is 109 Å². The molecular weight excluding hydrogens is 246 g/mol. The zero-order valence-corrected chi connectivity index (χ0v) is 10.2. The van der Waals surface area contributed by atoms with Gasteiger partial charge in [-0.25, -0.2) is 4.98 Å². The number of nitro groups is 1. The van der Waals surface area contributed by atoms with Crippen LogP contribution in [0, 0.1) is 10.1 Å². The minimum absolute atomic E-state index is 0.0536. The van der Waals surface area contributed by atoms with Crippen LogP contribution in [0.1, 0.15) is 24.4 Å². The summed E-state index contributed by atoms with van der Waals surface area (Å²) in [7, 11) is 0. The van der Waals surface area contributed by atoms with Crippen LogP contribution < -0.4 is 4.90 Å². The first-order chi connectivity index (χ1) is 9.27. The zero-order chi connectivity index (χ0) is 13.2. The number of hydrogen-bond donors (Lipinski definition) is 1. The summed E-state index contributed by atoms with van der Waals surface area (Å²) in [6.45, 7) is 0.772. The lowest BCUT2D eigenvalue weighted by atomic mass is 10.1. The Balaban J connectivity index is 1.99. The number of anilines is 1. The quantitative estimate of drug-likeness (QED) is 0.673. The number of nitrogens with one attached hydrogen (secondary N) is 1. The van der Waals surface area contributed by atoms with Gasteiger partial charge >= 0.3 is 5.69 Å². The van der Waals surface area contributed by atoms with E-state index in [9.17, 15) is 10.1 Å². The molecule has 7 heteroatoms. The summed E-state index contributed by atoms with van der Waals surface area (Å²) in [4.78, 5) is 16.9. The molecule has 0 amide bonds. The summed E-state index contributed by atoms with van der Waals surface area (Å²) in [5, 5.41) is 17.8. The summed E-state index contributed by atoms with van der Waals surface area (Å²) in [5.41, 5.74) is 1.09. The van der Waals surface area contributed by atoms with Gasteiger partial charge in [-0.15, -0.1) is 0 Å². The molecule has 0 bridgehead atoms. The molecule has 2 aromatic heterocycles. The molecule has 2 aromatic rings. The molecule has 0 aromatic carbocycles. The van der Waals surface area contributed by atoms with E-state index in [0.717, 1.165) is 24.9 Å². The SMILES string of the molecule is O=[N+]([O-])c1cccnc1N1CCC[C@@H]1c1cn[nH]c1. The number of nitrogens with zero attached hydrogens (tertiary/aromatic N) is 4. The summed E-state index contributed by atoms with van der Waals surface area (Å²) < 4.78 is 0. The van der Waals surface area contributed by atoms with Gasteiger partial charge in [-0.2, -0.15) is 5.10 Å². The van der Waals surface area contributed by atoms with Crippen LogP contribution in [0.15, 0.2) is 30.7 Å². The van der Waals surface area contributed by atoms with E-state index in [1.807, 2.05) is 11.1 Å². The highest BCUT2D eigenvalue weighted by atomic mass is 16.6. The number of aromatic amines is 1. The van der Waals surface area contributed by atoms with Gasteiger partial charge in [0.2, 0.25) is 5.82 Å². The fourth-order valence-corrected chi connectivity index (χ4v) is 2.56. The maximum atomic E-state index is 11.1. The molecule has 19 heavy (non-hydrogen) atoms. The summed E-state index contributed by atoms with van der Waals surface area (Å²) in [6, 6.07) is 3.19. The van der Waals surface area contributed by atoms with Crippen LogP contribution in [-0.4, -0.2) is 26.6 Å². The molecule has 0 spiro atoms. The number of aromatic nitrogens is 3. The van der Waals surface area contributed by atoms with Crippen LogP contribution in [0.4, 0.5) is 11.5 Å². The Morgan fingerprint density at radius 2 is 2.42 bits per heavy atom. The minimum atomic E-state index is -0.382. The molecule has 0 saturated carbocycles. The lowest BCUT2D eigenvalue weighted by Gasteiger charge is -2.24. The van der Waals surface area contributed by atoms with Crippen molar-refractivity contribution in [2.45, 2.75) is 18.9 Å². The maximum Gasteiger partial charge on any atom is 0.311 e. The van der Waals surface area contributed by atoms with Gasteiger partial charge in [0.25, 0.3) is 0 Å². The van der Waals surface area contributed by atoms with Crippen LogP contribution in [0.3, 0.4) is 0 Å². The van der Waals surface area contributed by atoms with E-state index in [-0.39, 0.29) is 16.7 Å². The highest BCUT2D eigenvalue weighted by Gasteiger charge is 2.32. The smallest absolute Gasteiger partial charge is 0.311 e. The third kappa shape index (κ3) is 2.03. The van der Waals surface area contributed by atoms with Crippen molar-refractivity contribution < 1.29 is 4.92 Å². The van der Waals surface area contributed by atoms with Crippen LogP contribution in [0.5, 0.6) is 0 Å². The zero-order valence-electron chi connectivity index (χ0n) is 10.2. The fourth-order valence-electron chi connectivity index (χ4n) is 2.56. The van der Waals surface area contributed by atoms with Crippen LogP contribution in [0.2, 0.25) is 0 Å². The van der Waals surface area contributed by atoms with E-state index < -0.39 is 0 Å². The fraction of sp³-hybridized carbons (Fsp3) is 0.333. The van der Waals surface area contributed by atoms with Gasteiger partial charge in [-0.1, -0.05) is 0 Å². The molecule has 0 unspecified atom stereocenters. The van der Waals surface area contributed by atoms with Gasteiger partial charge in [-0.05, 0) is 18.9 Å². The largest absolute Gasteiger partial charge is 0.344 e. The molecule has 1 atom stereocenters. The Bertz CT molecular complexity index is 584. The lowest BCUT2D eigenvalue weighted by molar-refractivity contribution is -0.384. The van der Waals surface area contributed by atoms with Crippen molar-refractivity contribution in [1.82, 2.24) is 15.2 Å². The molecule has 1 aliphatic rings. The Morgan fingerprint density at radius 1 is 1.53 bits per heavy atom. The van der Waals surface area contributed by atoms with Crippen LogP contribution in [0.25, 0.3) is 0 Å². The van der Waals surface area contributed by atoms with Crippen LogP contribution in [-0.2, 0) is 0 Å². The molecule has 7 nitrogen and oxygen atoms in total. The van der Waals surface area contributed by atoms with Crippen molar-refractivity contribution in [3.05, 3.63) is 46.4 Å². The van der Waals surface area contributed by atoms with E-state index in [1.54, 1.807) is 18.5 Å². The van der Waals surface area contributed by atoms with Crippen molar-refractivity contribution in [2.24, 2.45) is 0 Å². The Morgan fingerprint density at radius 3 is 3.16 bits per heavy atom. The van der Waals surface area contributed by atoms with E-state index in [1.165, 1.54) is 6.07 Å². The number of hydrogen-bond acceptors (Lipinski definition) is 5. The van der Waals surface area contributed by atoms with E-state index in [2.05, 4.69) is 15.2 Å². The monoisotopic (exact) mass is 259 g/mol. The Kier molecular flexibility index (Phi) is 2.86. The molecule has 1 fully saturated rings. The standard InChI is InChI=1S/C12H13N5O2/c18-17(19)11-3-1-5-13-12(11)16-6-2-4-10(16)9-7-14-15-8-9/h1,3,5,7-8,10H,2,4,6H2,(H,14,15)/t10-/m1/s1. The number of H-pyrrole nitrogens is 1. The topological polar surface area (TPSA) is 87.9 Å². The molecule has 0 aliphatic carbocycles. The molecule has 98 valence electrons. The summed E-state index contributed by atoms with van der Waals surface area (Å²) in [5.74, 6) is 0.441. The molecular formula is C12H13N5O2. The number of pyridine rings is 1. The second-order valence-corrected chi connectivity index (χ2v) is 4.49. The van der Waals surface area contributed by atoms with Gasteiger partial charge in [0.1, 0.15) is 0 Å². The van der Waals surface area contributed by atoms with Gasteiger partial charge < -0.3 is 4.90 Å². The van der Waals surface area contributed by atoms with E-state index in [0.29, 0.717) is 5.82 Å². The predicted molar refractivity (Wildman–Crippen MR) is 68.8 cm³/mol. The second kappa shape index (κ2) is 4.68. The molecule has 0 radical (unpaired) electrons. The van der Waals surface area contributed by atoms with Crippen molar-refractivity contribution in [3.63, 3.8) is 0 Å². The molecule has 3 heterocycles. The van der Waals surface area contributed by atoms with Gasteiger partial charge in [-0.3, -0.25) is 15.2 Å². The highest BCUT2D eigenvalue weighted by Crippen LogP contribution is 2.38. The Hall–Kier alpha value is -2.44. The summed E-state index contributed by atoms with van der Waals surface area (Å²) in [6.07, 6.45) is 7.12. The average molecular weight is 259 g/mol. The minimum Gasteiger partial charge on any atom is -0.344 e. The third-order valence-electron chi connectivity index (χ3n) is 3.39. The highest BCUT2D eigenvalue weighted by molar-refractivity contribution is 5.59. The normalized spacial score (nSPS) is 18.7. The molecule has 1 aliphatic heterocycles. The van der Waals surface area contributed by atoms with Crippen LogP contribution >= 0.6 is 0 Å². The molecule has 1 N–H and O–H groups in total. The lowest BCUT2D eigenvalue weighted by Crippen LogP contribution is -2.24. The van der Waals surface area contributed by atoms with E-state index >= 15 is 0 Å². The van der Waals surface area contributed by atoms with Crippen molar-refractivity contribution in [1.29, 1.82) is 0 Å². The van der Waals surface area contributed by atoms with E-state index in [4.69, 9.17) is 0 Å². The average Bonchev–Trinajstić information content (AvgIpc) is 3.09. The third-order valence-corrected chi connectivity index (χ3v) is 3.39. The van der Waals surface area contributed by atoms with Gasteiger partial charge in [0, 0.05) is 30.6 Å².